The van der Waals surface area contributed by atoms with Gasteiger partial charge in [-0.3, -0.25) is 9.78 Å². The SMILES string of the molecule is CCOC(=O)c1cnc2c(OC)ccc(OC)c2c1N1CCN(C(=O)CCC(C)C)CC1. The third-order valence-electron chi connectivity index (χ3n) is 5.74. The molecule has 8 heteroatoms. The Hall–Kier alpha value is -3.03. The molecular weight excluding hydrogens is 410 g/mol. The molecule has 8 nitrogen and oxygen atoms in total. The molecule has 2 aromatic rings. The van der Waals surface area contributed by atoms with Gasteiger partial charge in [-0.25, -0.2) is 4.79 Å². The normalized spacial score (nSPS) is 14.1. The van der Waals surface area contributed by atoms with Gasteiger partial charge in [-0.2, -0.15) is 0 Å². The van der Waals surface area contributed by atoms with E-state index in [1.807, 2.05) is 11.0 Å². The molecule has 32 heavy (non-hydrogen) atoms. The van der Waals surface area contributed by atoms with Gasteiger partial charge >= 0.3 is 5.97 Å². The standard InChI is InChI=1S/C24H33N3O5/c1-6-32-24(29)17-15-25-22-19(31-5)9-8-18(30-4)21(22)23(17)27-13-11-26(12-14-27)20(28)10-7-16(2)3/h8-9,15-16H,6-7,10-14H2,1-5H3. The molecule has 1 amide bonds. The Kier molecular flexibility index (Phi) is 7.77. The van der Waals surface area contributed by atoms with E-state index in [4.69, 9.17) is 14.2 Å². The van der Waals surface area contributed by atoms with E-state index < -0.39 is 5.97 Å². The molecule has 0 radical (unpaired) electrons. The second kappa shape index (κ2) is 10.5. The van der Waals surface area contributed by atoms with Crippen molar-refractivity contribution in [1.82, 2.24) is 9.88 Å². The highest BCUT2D eigenvalue weighted by Crippen LogP contribution is 2.41. The number of ether oxygens (including phenoxy) is 3. The number of benzene rings is 1. The number of piperazine rings is 1. The Labute approximate surface area is 189 Å². The minimum absolute atomic E-state index is 0.183. The lowest BCUT2D eigenvalue weighted by Crippen LogP contribution is -2.49. The summed E-state index contributed by atoms with van der Waals surface area (Å²) in [6.45, 7) is 8.67. The van der Waals surface area contributed by atoms with Crippen LogP contribution < -0.4 is 14.4 Å². The molecule has 0 spiro atoms. The van der Waals surface area contributed by atoms with Crippen molar-refractivity contribution in [2.24, 2.45) is 5.92 Å². The van der Waals surface area contributed by atoms with Crippen LogP contribution in [0, 0.1) is 5.92 Å². The van der Waals surface area contributed by atoms with Crippen molar-refractivity contribution >= 4 is 28.5 Å². The number of carbonyl (C=O) groups is 2. The first-order chi connectivity index (χ1) is 15.4. The first kappa shape index (κ1) is 23.6. The van der Waals surface area contributed by atoms with E-state index in [9.17, 15) is 9.59 Å². The summed E-state index contributed by atoms with van der Waals surface area (Å²) in [6.07, 6.45) is 2.99. The Morgan fingerprint density at radius 2 is 1.72 bits per heavy atom. The third kappa shape index (κ3) is 4.89. The fraction of sp³-hybridized carbons (Fsp3) is 0.542. The van der Waals surface area contributed by atoms with Crippen LogP contribution in [0.3, 0.4) is 0 Å². The highest BCUT2D eigenvalue weighted by Gasteiger charge is 2.28. The van der Waals surface area contributed by atoms with Crippen LogP contribution >= 0.6 is 0 Å². The van der Waals surface area contributed by atoms with Gasteiger partial charge in [0.15, 0.2) is 0 Å². The molecule has 1 fully saturated rings. The summed E-state index contributed by atoms with van der Waals surface area (Å²) >= 11 is 0. The van der Waals surface area contributed by atoms with Crippen LogP contribution in [0.1, 0.15) is 44.0 Å². The Bertz CT molecular complexity index is 968. The van der Waals surface area contributed by atoms with E-state index >= 15 is 0 Å². The highest BCUT2D eigenvalue weighted by atomic mass is 16.5. The lowest BCUT2D eigenvalue weighted by atomic mass is 10.0. The maximum absolute atomic E-state index is 12.8. The molecule has 1 aromatic heterocycles. The number of fused-ring (bicyclic) bond motifs is 1. The van der Waals surface area contributed by atoms with Gasteiger partial charge in [0, 0.05) is 38.8 Å². The zero-order valence-electron chi connectivity index (χ0n) is 19.6. The minimum atomic E-state index is -0.433. The van der Waals surface area contributed by atoms with Crippen LogP contribution in [0.4, 0.5) is 5.69 Å². The molecule has 0 bridgehead atoms. The second-order valence-electron chi connectivity index (χ2n) is 8.23. The Morgan fingerprint density at radius 1 is 1.06 bits per heavy atom. The summed E-state index contributed by atoms with van der Waals surface area (Å²) in [4.78, 5) is 33.9. The number of pyridine rings is 1. The zero-order valence-corrected chi connectivity index (χ0v) is 19.6. The molecule has 174 valence electrons. The smallest absolute Gasteiger partial charge is 0.341 e. The first-order valence-corrected chi connectivity index (χ1v) is 11.1. The molecule has 1 aliphatic heterocycles. The fourth-order valence-corrected chi connectivity index (χ4v) is 4.01. The molecule has 0 atom stereocenters. The van der Waals surface area contributed by atoms with E-state index in [-0.39, 0.29) is 12.5 Å². The second-order valence-corrected chi connectivity index (χ2v) is 8.23. The van der Waals surface area contributed by atoms with Gasteiger partial charge in [-0.1, -0.05) is 13.8 Å². The van der Waals surface area contributed by atoms with Gasteiger partial charge in [-0.15, -0.1) is 0 Å². The highest BCUT2D eigenvalue weighted by molar-refractivity contribution is 6.09. The molecule has 0 unspecified atom stereocenters. The predicted molar refractivity (Wildman–Crippen MR) is 124 cm³/mol. The average Bonchev–Trinajstić information content (AvgIpc) is 2.81. The summed E-state index contributed by atoms with van der Waals surface area (Å²) in [5, 5.41) is 0.706. The number of rotatable bonds is 8. The zero-order chi connectivity index (χ0) is 23.3. The van der Waals surface area contributed by atoms with Crippen LogP contribution in [-0.2, 0) is 9.53 Å². The number of hydrogen-bond acceptors (Lipinski definition) is 7. The van der Waals surface area contributed by atoms with Gasteiger partial charge in [0.2, 0.25) is 5.91 Å². The van der Waals surface area contributed by atoms with E-state index in [1.165, 1.54) is 6.20 Å². The van der Waals surface area contributed by atoms with Crippen LogP contribution in [-0.4, -0.2) is 68.8 Å². The van der Waals surface area contributed by atoms with Crippen molar-refractivity contribution in [2.75, 3.05) is 51.9 Å². The van der Waals surface area contributed by atoms with Gasteiger partial charge in [0.05, 0.1) is 31.9 Å². The molecule has 0 saturated carbocycles. The number of carbonyl (C=O) groups excluding carboxylic acids is 2. The van der Waals surface area contributed by atoms with Gasteiger partial charge in [0.1, 0.15) is 22.6 Å². The topological polar surface area (TPSA) is 81.2 Å². The monoisotopic (exact) mass is 443 g/mol. The average molecular weight is 444 g/mol. The first-order valence-electron chi connectivity index (χ1n) is 11.1. The van der Waals surface area contributed by atoms with E-state index in [0.29, 0.717) is 72.2 Å². The van der Waals surface area contributed by atoms with Gasteiger partial charge in [-0.05, 0) is 31.4 Å². The Morgan fingerprint density at radius 3 is 2.31 bits per heavy atom. The molecule has 1 saturated heterocycles. The number of amides is 1. The van der Waals surface area contributed by atoms with Crippen LogP contribution in [0.25, 0.3) is 10.9 Å². The number of aromatic nitrogens is 1. The van der Waals surface area contributed by atoms with E-state index in [1.54, 1.807) is 27.2 Å². The summed E-state index contributed by atoms with van der Waals surface area (Å²) in [6, 6.07) is 3.61. The number of nitrogens with zero attached hydrogens (tertiary/aromatic N) is 3. The number of anilines is 1. The number of hydrogen-bond donors (Lipinski definition) is 0. The van der Waals surface area contributed by atoms with Crippen LogP contribution in [0.15, 0.2) is 18.3 Å². The third-order valence-corrected chi connectivity index (χ3v) is 5.74. The van der Waals surface area contributed by atoms with Crippen molar-refractivity contribution in [3.05, 3.63) is 23.9 Å². The van der Waals surface area contributed by atoms with Gasteiger partial charge in [0.25, 0.3) is 0 Å². The van der Waals surface area contributed by atoms with E-state index in [2.05, 4.69) is 23.7 Å². The number of esters is 1. The molecule has 0 aliphatic carbocycles. The summed E-state index contributed by atoms with van der Waals surface area (Å²) in [5.74, 6) is 1.45. The van der Waals surface area contributed by atoms with Crippen LogP contribution in [0.2, 0.25) is 0 Å². The summed E-state index contributed by atoms with van der Waals surface area (Å²) in [5.41, 5.74) is 1.70. The van der Waals surface area contributed by atoms with Crippen molar-refractivity contribution in [3.63, 3.8) is 0 Å². The molecule has 0 N–H and O–H groups in total. The van der Waals surface area contributed by atoms with Crippen molar-refractivity contribution in [2.45, 2.75) is 33.6 Å². The quantitative estimate of drug-likeness (QED) is 0.578. The molecule has 3 rings (SSSR count). The van der Waals surface area contributed by atoms with Crippen LogP contribution in [0.5, 0.6) is 11.5 Å². The Balaban J connectivity index is 1.99. The van der Waals surface area contributed by atoms with Crippen molar-refractivity contribution in [3.8, 4) is 11.5 Å². The molecule has 1 aliphatic rings. The lowest BCUT2D eigenvalue weighted by molar-refractivity contribution is -0.131. The lowest BCUT2D eigenvalue weighted by Gasteiger charge is -2.37. The molecule has 1 aromatic carbocycles. The predicted octanol–water partition coefficient (Wildman–Crippen LogP) is 3.51. The number of methoxy groups -OCH3 is 2. The maximum Gasteiger partial charge on any atom is 0.341 e. The maximum atomic E-state index is 12.8. The van der Waals surface area contributed by atoms with E-state index in [0.717, 1.165) is 6.42 Å². The largest absolute Gasteiger partial charge is 0.496 e. The molecular formula is C24H33N3O5. The van der Waals surface area contributed by atoms with Gasteiger partial charge < -0.3 is 24.0 Å². The summed E-state index contributed by atoms with van der Waals surface area (Å²) < 4.78 is 16.4. The summed E-state index contributed by atoms with van der Waals surface area (Å²) in [7, 11) is 3.18. The molecule has 2 heterocycles. The fourth-order valence-electron chi connectivity index (χ4n) is 4.01. The van der Waals surface area contributed by atoms with Crippen molar-refractivity contribution < 1.29 is 23.8 Å². The van der Waals surface area contributed by atoms with Crippen molar-refractivity contribution in [1.29, 1.82) is 0 Å². The minimum Gasteiger partial charge on any atom is -0.496 e.